The van der Waals surface area contributed by atoms with Crippen molar-refractivity contribution in [3.05, 3.63) is 36.7 Å². The Morgan fingerprint density at radius 2 is 1.81 bits per heavy atom. The molecule has 0 bridgehead atoms. The third-order valence-electron chi connectivity index (χ3n) is 2.59. The first-order valence-corrected chi connectivity index (χ1v) is 8.54. The van der Waals surface area contributed by atoms with Crippen LogP contribution in [-0.4, -0.2) is 17.3 Å². The van der Waals surface area contributed by atoms with Crippen LogP contribution in [0.3, 0.4) is 0 Å². The molecule has 0 aliphatic carbocycles. The van der Waals surface area contributed by atoms with E-state index in [4.69, 9.17) is 4.11 Å². The van der Waals surface area contributed by atoms with E-state index >= 15 is 0 Å². The summed E-state index contributed by atoms with van der Waals surface area (Å²) < 4.78 is 101. The molecule has 0 aliphatic rings. The van der Waals surface area contributed by atoms with Crippen molar-refractivity contribution in [1.82, 2.24) is 4.98 Å². The molecule has 1 amide bonds. The molecule has 1 aromatic heterocycles. The predicted molar refractivity (Wildman–Crippen MR) is 88.3 cm³/mol. The van der Waals surface area contributed by atoms with Crippen molar-refractivity contribution >= 4 is 54.8 Å². The Bertz CT molecular complexity index is 923. The molecule has 0 fully saturated rings. The summed E-state index contributed by atoms with van der Waals surface area (Å²) in [7, 11) is 0. The molecule has 0 spiro atoms. The summed E-state index contributed by atoms with van der Waals surface area (Å²) in [4.78, 5) is 14.4. The summed E-state index contributed by atoms with van der Waals surface area (Å²) in [5.41, 5.74) is -1.89. The second-order valence-electron chi connectivity index (χ2n) is 4.46. The van der Waals surface area contributed by atoms with Crippen LogP contribution in [0.5, 0.6) is 5.75 Å². The molecule has 13 heteroatoms. The number of benzene rings is 1. The van der Waals surface area contributed by atoms with Gasteiger partial charge in [0.2, 0.25) is 0 Å². The van der Waals surface area contributed by atoms with Gasteiger partial charge in [-0.3, -0.25) is 4.79 Å². The lowest BCUT2D eigenvalue weighted by atomic mass is 10.2. The lowest BCUT2D eigenvalue weighted by molar-refractivity contribution is -0.274. The molecule has 2 aromatic rings. The minimum atomic E-state index is -5.11. The maximum absolute atomic E-state index is 13.2. The Morgan fingerprint density at radius 3 is 2.27 bits per heavy atom. The molecule has 0 saturated heterocycles. The van der Waals surface area contributed by atoms with E-state index in [1.54, 1.807) is 0 Å². The highest BCUT2D eigenvalue weighted by molar-refractivity contribution is 9.11. The van der Waals surface area contributed by atoms with Gasteiger partial charge in [0.05, 0.1) is 10.7 Å². The van der Waals surface area contributed by atoms with E-state index < -0.39 is 46.6 Å². The zero-order valence-electron chi connectivity index (χ0n) is 14.9. The summed E-state index contributed by atoms with van der Waals surface area (Å²) in [5.74, 6) is -2.01. The fourth-order valence-electron chi connectivity index (χ4n) is 1.70. The molecule has 1 aromatic carbocycles. The molecule has 0 unspecified atom stereocenters. The monoisotopic (exact) mass is 529 g/mol. The molecule has 1 N–H and O–H groups in total. The maximum atomic E-state index is 13.2. The number of amides is 1. The third-order valence-corrected chi connectivity index (χ3v) is 4.71. The number of thiazole rings is 1. The highest BCUT2D eigenvalue weighted by Crippen LogP contribution is 2.39. The molecular weight excluding hydrogens is 522 g/mol. The number of nitrogens with zero attached hydrogens (tertiary/aromatic N) is 1. The quantitative estimate of drug-likeness (QED) is 0.484. The van der Waals surface area contributed by atoms with Crippen LogP contribution < -0.4 is 10.1 Å². The van der Waals surface area contributed by atoms with Gasteiger partial charge >= 0.3 is 12.5 Å². The molecule has 142 valence electrons. The van der Waals surface area contributed by atoms with Gasteiger partial charge in [0.25, 0.3) is 5.91 Å². The average Bonchev–Trinajstić information content (AvgIpc) is 2.94. The average molecular weight is 531 g/mol. The maximum Gasteiger partial charge on any atom is 0.573 e. The zero-order chi connectivity index (χ0) is 22.4. The fraction of sp³-hybridized carbons (Fsp3) is 0.231. The van der Waals surface area contributed by atoms with Crippen molar-refractivity contribution in [2.24, 2.45) is 0 Å². The number of aryl methyl sites for hydroxylation is 1. The number of hydrogen-bond acceptors (Lipinski definition) is 4. The first-order chi connectivity index (χ1) is 13.0. The molecule has 0 atom stereocenters. The number of carbonyl (C=O) groups excluding carboxylic acids is 1. The number of hydrogen-bond donors (Lipinski definition) is 1. The van der Waals surface area contributed by atoms with Gasteiger partial charge in [-0.05, 0) is 50.8 Å². The summed E-state index contributed by atoms with van der Waals surface area (Å²) in [5, 5.41) is 1.19. The van der Waals surface area contributed by atoms with Crippen LogP contribution in [0.15, 0.2) is 21.1 Å². The molecular formula is C13H6Br2F6N2O2S. The van der Waals surface area contributed by atoms with E-state index in [0.717, 1.165) is 12.1 Å². The lowest BCUT2D eigenvalue weighted by Gasteiger charge is -2.14. The SMILES string of the molecule is [2H]C([2H])([2H])c1nc(C(F)(F)F)c(C(=O)Nc2c(Br)cc(OC(F)(F)F)cc2Br)s1. The number of nitrogens with one attached hydrogen (secondary N) is 1. The Balaban J connectivity index is 2.42. The van der Waals surface area contributed by atoms with Gasteiger partial charge in [-0.1, -0.05) is 0 Å². The Kier molecular flexibility index (Phi) is 4.75. The minimum Gasteiger partial charge on any atom is -0.406 e. The van der Waals surface area contributed by atoms with Crippen LogP contribution in [-0.2, 0) is 6.18 Å². The van der Waals surface area contributed by atoms with Crippen molar-refractivity contribution in [2.75, 3.05) is 5.32 Å². The largest absolute Gasteiger partial charge is 0.573 e. The van der Waals surface area contributed by atoms with Crippen LogP contribution in [0.2, 0.25) is 0 Å². The van der Waals surface area contributed by atoms with Gasteiger partial charge in [0.15, 0.2) is 5.69 Å². The number of rotatable bonds is 3. The van der Waals surface area contributed by atoms with Crippen LogP contribution in [0, 0.1) is 6.85 Å². The van der Waals surface area contributed by atoms with E-state index in [2.05, 4.69) is 46.9 Å². The van der Waals surface area contributed by atoms with Gasteiger partial charge in [-0.15, -0.1) is 24.5 Å². The second-order valence-corrected chi connectivity index (χ2v) is 7.17. The molecule has 1 heterocycles. The van der Waals surface area contributed by atoms with Gasteiger partial charge in [0.1, 0.15) is 10.6 Å². The number of alkyl halides is 6. The van der Waals surface area contributed by atoms with Crippen molar-refractivity contribution in [3.63, 3.8) is 0 Å². The molecule has 2 rings (SSSR count). The molecule has 4 nitrogen and oxygen atoms in total. The van der Waals surface area contributed by atoms with Gasteiger partial charge in [-0.25, -0.2) is 4.98 Å². The standard InChI is InChI=1S/C13H6Br2F6N2O2S/c1-4-22-10(12(16,17)18)9(26-4)11(24)23-8-6(14)2-5(3-7(8)15)25-13(19,20)21/h2-3H,1H3,(H,23,24)/i1D3. The number of anilines is 1. The topological polar surface area (TPSA) is 51.2 Å². The van der Waals surface area contributed by atoms with E-state index in [-0.39, 0.29) is 26.0 Å². The highest BCUT2D eigenvalue weighted by atomic mass is 79.9. The molecule has 0 radical (unpaired) electrons. The van der Waals surface area contributed by atoms with E-state index in [1.807, 2.05) is 0 Å². The predicted octanol–water partition coefficient (Wildman–Crippen LogP) is 6.15. The zero-order valence-corrected chi connectivity index (χ0v) is 15.8. The van der Waals surface area contributed by atoms with Crippen molar-refractivity contribution < 1.29 is 40.0 Å². The number of ether oxygens (including phenoxy) is 1. The Hall–Kier alpha value is -1.34. The van der Waals surface area contributed by atoms with Crippen molar-refractivity contribution in [2.45, 2.75) is 19.4 Å². The van der Waals surface area contributed by atoms with Gasteiger partial charge < -0.3 is 10.1 Å². The van der Waals surface area contributed by atoms with E-state index in [1.165, 1.54) is 0 Å². The summed E-state index contributed by atoms with van der Waals surface area (Å²) in [6, 6.07) is 1.66. The Labute approximate surface area is 167 Å². The smallest absolute Gasteiger partial charge is 0.406 e. The lowest BCUT2D eigenvalue weighted by Crippen LogP contribution is -2.18. The molecule has 0 aliphatic heterocycles. The molecule has 0 saturated carbocycles. The third kappa shape index (κ3) is 5.10. The van der Waals surface area contributed by atoms with Crippen molar-refractivity contribution in [3.8, 4) is 5.75 Å². The van der Waals surface area contributed by atoms with Gasteiger partial charge in [0, 0.05) is 13.1 Å². The summed E-state index contributed by atoms with van der Waals surface area (Å²) in [6.45, 7) is -2.97. The first-order valence-electron chi connectivity index (χ1n) is 7.63. The normalized spacial score (nSPS) is 14.4. The van der Waals surface area contributed by atoms with E-state index in [9.17, 15) is 31.1 Å². The van der Waals surface area contributed by atoms with Crippen LogP contribution in [0.4, 0.5) is 32.0 Å². The summed E-state index contributed by atoms with van der Waals surface area (Å²) in [6.07, 6.45) is -10.1. The van der Waals surface area contributed by atoms with Crippen LogP contribution >= 0.6 is 43.2 Å². The minimum absolute atomic E-state index is 0.0337. The van der Waals surface area contributed by atoms with Crippen molar-refractivity contribution in [1.29, 1.82) is 0 Å². The van der Waals surface area contributed by atoms with Crippen LogP contribution in [0.1, 0.15) is 24.5 Å². The first kappa shape index (κ1) is 16.8. The van der Waals surface area contributed by atoms with Crippen LogP contribution in [0.25, 0.3) is 0 Å². The number of aromatic nitrogens is 1. The fourth-order valence-corrected chi connectivity index (χ4v) is 3.77. The number of halogens is 8. The van der Waals surface area contributed by atoms with Gasteiger partial charge in [-0.2, -0.15) is 13.2 Å². The highest BCUT2D eigenvalue weighted by Gasteiger charge is 2.39. The van der Waals surface area contributed by atoms with E-state index in [0.29, 0.717) is 0 Å². The second kappa shape index (κ2) is 7.35. The summed E-state index contributed by atoms with van der Waals surface area (Å²) >= 11 is 5.80. The molecule has 26 heavy (non-hydrogen) atoms. The Morgan fingerprint density at radius 1 is 1.23 bits per heavy atom. The number of carbonyl (C=O) groups is 1.